The first-order valence-corrected chi connectivity index (χ1v) is 10.9. The fourth-order valence-corrected chi connectivity index (χ4v) is 2.75. The lowest BCUT2D eigenvalue weighted by Crippen LogP contribution is -2.21. The second kappa shape index (κ2) is 12.0. The topological polar surface area (TPSA) is 178 Å². The van der Waals surface area contributed by atoms with Crippen molar-refractivity contribution in [3.05, 3.63) is 36.7 Å². The Morgan fingerprint density at radius 2 is 1.38 bits per heavy atom. The smallest absolute Gasteiger partial charge is 0.272 e. The number of nitrogens with one attached hydrogen (secondary N) is 3. The van der Waals surface area contributed by atoms with Crippen molar-refractivity contribution in [3.63, 3.8) is 0 Å². The highest BCUT2D eigenvalue weighted by Gasteiger charge is 2.17. The predicted molar refractivity (Wildman–Crippen MR) is 128 cm³/mol. The van der Waals surface area contributed by atoms with Crippen molar-refractivity contribution in [2.45, 2.75) is 39.1 Å². The number of aromatic nitrogens is 5. The second-order valence-corrected chi connectivity index (χ2v) is 7.79. The molecule has 0 fully saturated rings. The molecular weight excluding hydrogens is 440 g/mol. The van der Waals surface area contributed by atoms with Crippen molar-refractivity contribution in [2.75, 3.05) is 35.6 Å². The van der Waals surface area contributed by atoms with Crippen LogP contribution in [0.4, 0.5) is 29.2 Å². The van der Waals surface area contributed by atoms with Crippen molar-refractivity contribution in [2.24, 2.45) is 10.2 Å². The summed E-state index contributed by atoms with van der Waals surface area (Å²) in [5.74, 6) is 1.07. The molecule has 2 aromatic heterocycles. The van der Waals surface area contributed by atoms with Crippen LogP contribution >= 0.6 is 0 Å². The molecule has 0 saturated carbocycles. The zero-order chi connectivity index (χ0) is 24.5. The fraction of sp³-hybridized carbons (Fsp3) is 0.429. The fourth-order valence-electron chi connectivity index (χ4n) is 2.75. The molecule has 34 heavy (non-hydrogen) atoms. The lowest BCUT2D eigenvalue weighted by Gasteiger charge is -2.16. The number of hydrogen-bond donors (Lipinski definition) is 6. The van der Waals surface area contributed by atoms with E-state index >= 15 is 0 Å². The molecule has 13 heteroatoms. The molecule has 3 rings (SSSR count). The number of aliphatic hydroxyl groups is 3. The van der Waals surface area contributed by atoms with Gasteiger partial charge in [0.1, 0.15) is 6.33 Å². The van der Waals surface area contributed by atoms with E-state index in [-0.39, 0.29) is 37.2 Å². The Balaban J connectivity index is 2.01. The van der Waals surface area contributed by atoms with Gasteiger partial charge in [-0.1, -0.05) is 18.2 Å². The van der Waals surface area contributed by atoms with Crippen molar-refractivity contribution >= 4 is 29.2 Å². The van der Waals surface area contributed by atoms with Crippen LogP contribution in [0.25, 0.3) is 5.69 Å². The highest BCUT2D eigenvalue weighted by atomic mass is 16.3. The van der Waals surface area contributed by atoms with Gasteiger partial charge in [-0.05, 0) is 32.9 Å². The van der Waals surface area contributed by atoms with E-state index in [0.717, 1.165) is 5.69 Å². The standard InChI is InChI=1S/C21H30N10O3/c1-13(32)9-22-18-17(19(23-10-14(2)33)28-20(27-18)24-11-15(3)34)29-30-21-25-12-26-31(21)16-7-5-4-6-8-16/h4-8,12-15,32-34H,9-11H2,1-3H3,(H3,22,23,24,27,28). The second-order valence-electron chi connectivity index (χ2n) is 7.79. The van der Waals surface area contributed by atoms with Crippen LogP contribution in [0.3, 0.4) is 0 Å². The summed E-state index contributed by atoms with van der Waals surface area (Å²) in [5, 5.41) is 51.0. The first-order valence-electron chi connectivity index (χ1n) is 10.9. The van der Waals surface area contributed by atoms with Crippen molar-refractivity contribution in [1.29, 1.82) is 0 Å². The Hall–Kier alpha value is -3.68. The Morgan fingerprint density at radius 1 is 0.824 bits per heavy atom. The summed E-state index contributed by atoms with van der Waals surface area (Å²) in [6, 6.07) is 9.38. The molecule has 0 spiro atoms. The molecule has 0 saturated heterocycles. The minimum atomic E-state index is -0.649. The van der Waals surface area contributed by atoms with E-state index < -0.39 is 18.3 Å². The molecule has 6 N–H and O–H groups in total. The number of hydrogen-bond acceptors (Lipinski definition) is 12. The van der Waals surface area contributed by atoms with E-state index in [1.807, 2.05) is 30.3 Å². The molecule has 0 aliphatic rings. The third kappa shape index (κ3) is 7.16. The molecule has 3 unspecified atom stereocenters. The number of anilines is 3. The van der Waals surface area contributed by atoms with Crippen LogP contribution in [0.2, 0.25) is 0 Å². The van der Waals surface area contributed by atoms with Crippen molar-refractivity contribution in [1.82, 2.24) is 24.7 Å². The van der Waals surface area contributed by atoms with Crippen LogP contribution in [0.5, 0.6) is 0 Å². The van der Waals surface area contributed by atoms with Gasteiger partial charge in [0.05, 0.1) is 24.0 Å². The Bertz CT molecular complexity index is 1040. The van der Waals surface area contributed by atoms with Crippen LogP contribution in [-0.2, 0) is 0 Å². The number of nitrogens with zero attached hydrogens (tertiary/aromatic N) is 7. The van der Waals surface area contributed by atoms with Crippen LogP contribution in [0.15, 0.2) is 46.9 Å². The summed E-state index contributed by atoms with van der Waals surface area (Å²) in [6.07, 6.45) is -0.539. The van der Waals surface area contributed by atoms with E-state index in [4.69, 9.17) is 0 Å². The van der Waals surface area contributed by atoms with Crippen molar-refractivity contribution < 1.29 is 15.3 Å². The normalized spacial score (nSPS) is 14.1. The zero-order valence-electron chi connectivity index (χ0n) is 19.3. The van der Waals surface area contributed by atoms with E-state index in [1.54, 1.807) is 20.8 Å². The molecule has 1 aromatic carbocycles. The molecule has 182 valence electrons. The zero-order valence-corrected chi connectivity index (χ0v) is 19.3. The summed E-state index contributed by atoms with van der Waals surface area (Å²) in [4.78, 5) is 13.0. The van der Waals surface area contributed by atoms with Crippen LogP contribution in [0.1, 0.15) is 20.8 Å². The summed E-state index contributed by atoms with van der Waals surface area (Å²) in [7, 11) is 0. The van der Waals surface area contributed by atoms with Gasteiger partial charge >= 0.3 is 0 Å². The highest BCUT2D eigenvalue weighted by molar-refractivity contribution is 5.75. The molecule has 0 aliphatic heterocycles. The molecule has 0 radical (unpaired) electrons. The summed E-state index contributed by atoms with van der Waals surface area (Å²) < 4.78 is 1.54. The maximum Gasteiger partial charge on any atom is 0.272 e. The van der Waals surface area contributed by atoms with Crippen LogP contribution in [-0.4, -0.2) is 78.0 Å². The van der Waals surface area contributed by atoms with Gasteiger partial charge in [0.25, 0.3) is 5.95 Å². The molecular formula is C21H30N10O3. The van der Waals surface area contributed by atoms with Gasteiger partial charge in [0, 0.05) is 19.6 Å². The third-order valence-corrected chi connectivity index (χ3v) is 4.34. The average molecular weight is 471 g/mol. The first-order chi connectivity index (χ1) is 16.3. The van der Waals surface area contributed by atoms with Gasteiger partial charge < -0.3 is 31.3 Å². The van der Waals surface area contributed by atoms with Gasteiger partial charge in [-0.25, -0.2) is 0 Å². The molecule has 0 amide bonds. The Kier molecular flexibility index (Phi) is 8.79. The van der Waals surface area contributed by atoms with Gasteiger partial charge in [-0.2, -0.15) is 24.7 Å². The molecule has 3 aromatic rings. The lowest BCUT2D eigenvalue weighted by atomic mass is 10.3. The quantitative estimate of drug-likeness (QED) is 0.214. The van der Waals surface area contributed by atoms with Gasteiger partial charge in [0.15, 0.2) is 17.3 Å². The highest BCUT2D eigenvalue weighted by Crippen LogP contribution is 2.33. The minimum absolute atomic E-state index is 0.200. The van der Waals surface area contributed by atoms with E-state index in [1.165, 1.54) is 11.0 Å². The van der Waals surface area contributed by atoms with Gasteiger partial charge in [0.2, 0.25) is 5.95 Å². The lowest BCUT2D eigenvalue weighted by molar-refractivity contribution is 0.208. The predicted octanol–water partition coefficient (Wildman–Crippen LogP) is 1.85. The van der Waals surface area contributed by atoms with Crippen LogP contribution in [0, 0.1) is 0 Å². The van der Waals surface area contributed by atoms with Crippen molar-refractivity contribution in [3.8, 4) is 5.69 Å². The summed E-state index contributed by atoms with van der Waals surface area (Å²) in [6.45, 7) is 5.54. The average Bonchev–Trinajstić information content (AvgIpc) is 3.28. The number of azo groups is 1. The Labute approximate surface area is 197 Å². The van der Waals surface area contributed by atoms with Gasteiger partial charge in [-0.3, -0.25) is 0 Å². The maximum atomic E-state index is 9.76. The summed E-state index contributed by atoms with van der Waals surface area (Å²) >= 11 is 0. The number of rotatable bonds is 12. The molecule has 3 atom stereocenters. The molecule has 0 bridgehead atoms. The number of aliphatic hydroxyl groups excluding tert-OH is 3. The van der Waals surface area contributed by atoms with Gasteiger partial charge in [-0.15, -0.1) is 10.2 Å². The third-order valence-electron chi connectivity index (χ3n) is 4.34. The first kappa shape index (κ1) is 25.0. The minimum Gasteiger partial charge on any atom is -0.392 e. The summed E-state index contributed by atoms with van der Waals surface area (Å²) in [5.41, 5.74) is 1.02. The maximum absolute atomic E-state index is 9.76. The van der Waals surface area contributed by atoms with E-state index in [0.29, 0.717) is 11.6 Å². The van der Waals surface area contributed by atoms with E-state index in [2.05, 4.69) is 46.2 Å². The Morgan fingerprint density at radius 3 is 1.94 bits per heavy atom. The molecule has 0 aliphatic carbocycles. The monoisotopic (exact) mass is 470 g/mol. The largest absolute Gasteiger partial charge is 0.392 e. The molecule has 13 nitrogen and oxygen atoms in total. The van der Waals surface area contributed by atoms with Crippen LogP contribution < -0.4 is 16.0 Å². The molecule has 2 heterocycles. The number of benzene rings is 1. The SMILES string of the molecule is CC(O)CNc1nc(NCC(C)O)c(N=Nc2ncnn2-c2ccccc2)c(NCC(C)O)n1. The number of para-hydroxylation sites is 1. The van der Waals surface area contributed by atoms with E-state index in [9.17, 15) is 15.3 Å².